The van der Waals surface area contributed by atoms with Gasteiger partial charge in [-0.15, -0.1) is 0 Å². The third-order valence-corrected chi connectivity index (χ3v) is 5.07. The molecule has 9 N–H and O–H groups in total. The van der Waals surface area contributed by atoms with Crippen molar-refractivity contribution in [1.82, 2.24) is 25.9 Å². The molecule has 0 spiro atoms. The number of hydrogen-bond donors (Lipinski definition) is 7. The van der Waals surface area contributed by atoms with Crippen molar-refractivity contribution >= 4 is 35.5 Å². The van der Waals surface area contributed by atoms with Crippen molar-refractivity contribution < 1.29 is 29.0 Å². The first-order valence-electron chi connectivity index (χ1n) is 10.7. The number of nitrogen functional groups attached to an aromatic ring is 2. The standard InChI is InChI=1S/C22H28N8O6/c1-36-21(35)30-22(6-5-18(32)33,8-13-3-2-4-14(7-13)19(24)25)20(34)29-12-17(31)28-10-15-9-27-16(23)11-26-15/h2-4,7,9,11H,5-6,8,10,12H2,1H3,(H2,23,27)(H3,24,25)(H,28,31)(H,29,34)(H,30,35)(H,32,33). The number of nitrogens with zero attached hydrogens (tertiary/aromatic N) is 2. The zero-order valence-electron chi connectivity index (χ0n) is 19.5. The van der Waals surface area contributed by atoms with Crippen molar-refractivity contribution in [3.8, 4) is 0 Å². The van der Waals surface area contributed by atoms with Gasteiger partial charge in [0.05, 0.1) is 38.3 Å². The molecule has 1 unspecified atom stereocenters. The number of rotatable bonds is 12. The summed E-state index contributed by atoms with van der Waals surface area (Å²) in [4.78, 5) is 56.9. The summed E-state index contributed by atoms with van der Waals surface area (Å²) in [5.41, 5.74) is 10.5. The number of ether oxygens (including phenoxy) is 1. The molecule has 0 fully saturated rings. The van der Waals surface area contributed by atoms with Gasteiger partial charge in [0.15, 0.2) is 0 Å². The molecule has 1 heterocycles. The van der Waals surface area contributed by atoms with Crippen molar-refractivity contribution in [3.63, 3.8) is 0 Å². The third kappa shape index (κ3) is 8.23. The van der Waals surface area contributed by atoms with E-state index in [2.05, 4.69) is 30.7 Å². The van der Waals surface area contributed by atoms with Crippen molar-refractivity contribution in [2.24, 2.45) is 5.73 Å². The number of amidine groups is 1. The Morgan fingerprint density at radius 1 is 1.17 bits per heavy atom. The molecule has 0 aliphatic carbocycles. The molecular formula is C22H28N8O6. The number of nitrogens with one attached hydrogen (secondary N) is 4. The van der Waals surface area contributed by atoms with Gasteiger partial charge in [0.1, 0.15) is 17.2 Å². The summed E-state index contributed by atoms with van der Waals surface area (Å²) in [5, 5.41) is 24.3. The normalized spacial score (nSPS) is 12.0. The Kier molecular flexibility index (Phi) is 9.65. The SMILES string of the molecule is COC(=O)NC(CCC(=O)O)(Cc1cccc(C(=N)N)c1)C(=O)NCC(=O)NCc1cnc(N)cn1. The number of amides is 3. The number of anilines is 1. The quantitative estimate of drug-likeness (QED) is 0.142. The second-order valence-corrected chi connectivity index (χ2v) is 7.78. The van der Waals surface area contributed by atoms with Crippen LogP contribution in [0.5, 0.6) is 0 Å². The van der Waals surface area contributed by atoms with Gasteiger partial charge in [-0.3, -0.25) is 24.8 Å². The van der Waals surface area contributed by atoms with Crippen LogP contribution < -0.4 is 27.4 Å². The summed E-state index contributed by atoms with van der Waals surface area (Å²) in [7, 11) is 1.10. The van der Waals surface area contributed by atoms with Crippen LogP contribution in [-0.4, -0.2) is 64.0 Å². The van der Waals surface area contributed by atoms with E-state index in [1.807, 2.05) is 0 Å². The third-order valence-electron chi connectivity index (χ3n) is 5.07. The van der Waals surface area contributed by atoms with Gasteiger partial charge in [0, 0.05) is 18.4 Å². The van der Waals surface area contributed by atoms with Crippen molar-refractivity contribution in [3.05, 3.63) is 53.5 Å². The Labute approximate surface area is 206 Å². The largest absolute Gasteiger partial charge is 0.481 e. The van der Waals surface area contributed by atoms with E-state index in [9.17, 15) is 24.3 Å². The Hall–Kier alpha value is -4.75. The highest BCUT2D eigenvalue weighted by molar-refractivity contribution is 5.95. The Morgan fingerprint density at radius 3 is 2.53 bits per heavy atom. The number of hydrogen-bond acceptors (Lipinski definition) is 9. The van der Waals surface area contributed by atoms with E-state index in [1.165, 1.54) is 12.4 Å². The molecule has 36 heavy (non-hydrogen) atoms. The lowest BCUT2D eigenvalue weighted by Crippen LogP contribution is -2.61. The van der Waals surface area contributed by atoms with Crippen molar-refractivity contribution in [2.75, 3.05) is 19.4 Å². The number of aromatic nitrogens is 2. The Morgan fingerprint density at radius 2 is 1.92 bits per heavy atom. The van der Waals surface area contributed by atoms with Gasteiger partial charge in [-0.25, -0.2) is 9.78 Å². The molecule has 0 saturated heterocycles. The number of carbonyl (C=O) groups excluding carboxylic acids is 3. The minimum atomic E-state index is -1.79. The number of methoxy groups -OCH3 is 1. The van der Waals surface area contributed by atoms with E-state index >= 15 is 0 Å². The van der Waals surface area contributed by atoms with E-state index < -0.39 is 42.4 Å². The number of carboxylic acids is 1. The van der Waals surface area contributed by atoms with Gasteiger partial charge >= 0.3 is 12.1 Å². The molecule has 2 rings (SSSR count). The van der Waals surface area contributed by atoms with Crippen LogP contribution in [0.4, 0.5) is 10.6 Å². The average molecular weight is 501 g/mol. The molecule has 0 aliphatic rings. The van der Waals surface area contributed by atoms with Crippen LogP contribution in [0.1, 0.15) is 29.7 Å². The fourth-order valence-corrected chi connectivity index (χ4v) is 3.25. The first-order valence-corrected chi connectivity index (χ1v) is 10.7. The highest BCUT2D eigenvalue weighted by Gasteiger charge is 2.41. The lowest BCUT2D eigenvalue weighted by molar-refractivity contribution is -0.138. The van der Waals surface area contributed by atoms with Crippen LogP contribution in [-0.2, 0) is 32.1 Å². The maximum absolute atomic E-state index is 13.3. The minimum absolute atomic E-state index is 0.0321. The predicted octanol–water partition coefficient (Wildman–Crippen LogP) is -0.722. The van der Waals surface area contributed by atoms with Crippen LogP contribution in [0.15, 0.2) is 36.7 Å². The molecule has 1 aromatic carbocycles. The number of nitrogens with two attached hydrogens (primary N) is 2. The molecule has 3 amide bonds. The lowest BCUT2D eigenvalue weighted by Gasteiger charge is -2.33. The monoisotopic (exact) mass is 500 g/mol. The summed E-state index contributed by atoms with van der Waals surface area (Å²) >= 11 is 0. The summed E-state index contributed by atoms with van der Waals surface area (Å²) in [6.45, 7) is -0.434. The predicted molar refractivity (Wildman–Crippen MR) is 128 cm³/mol. The fraction of sp³-hybridized carbons (Fsp3) is 0.318. The van der Waals surface area contributed by atoms with Crippen LogP contribution >= 0.6 is 0 Å². The van der Waals surface area contributed by atoms with Gasteiger partial charge in [-0.2, -0.15) is 0 Å². The highest BCUT2D eigenvalue weighted by Crippen LogP contribution is 2.22. The number of carboxylic acid groups (broad SMARTS) is 1. The molecule has 1 aromatic heterocycles. The van der Waals surface area contributed by atoms with Crippen LogP contribution in [0.25, 0.3) is 0 Å². The molecule has 0 radical (unpaired) electrons. The van der Waals surface area contributed by atoms with Crippen LogP contribution in [0.3, 0.4) is 0 Å². The molecule has 0 aliphatic heterocycles. The second-order valence-electron chi connectivity index (χ2n) is 7.78. The van der Waals surface area contributed by atoms with Gasteiger partial charge in [0.2, 0.25) is 11.8 Å². The fourth-order valence-electron chi connectivity index (χ4n) is 3.25. The molecule has 0 bridgehead atoms. The molecule has 0 saturated carbocycles. The molecule has 14 nitrogen and oxygen atoms in total. The molecular weight excluding hydrogens is 472 g/mol. The molecule has 192 valence electrons. The topological polar surface area (TPSA) is 236 Å². The van der Waals surface area contributed by atoms with Crippen molar-refractivity contribution in [2.45, 2.75) is 31.3 Å². The number of alkyl carbamates (subject to hydrolysis) is 1. The minimum Gasteiger partial charge on any atom is -0.481 e. The smallest absolute Gasteiger partial charge is 0.407 e. The molecule has 1 atom stereocenters. The zero-order chi connectivity index (χ0) is 26.7. The first-order chi connectivity index (χ1) is 17.0. The zero-order valence-corrected chi connectivity index (χ0v) is 19.5. The highest BCUT2D eigenvalue weighted by atomic mass is 16.5. The van der Waals surface area contributed by atoms with Crippen LogP contribution in [0, 0.1) is 5.41 Å². The van der Waals surface area contributed by atoms with E-state index in [0.717, 1.165) is 7.11 Å². The molecule has 2 aromatic rings. The number of aliphatic carboxylic acids is 1. The summed E-state index contributed by atoms with van der Waals surface area (Å²) < 4.78 is 4.65. The van der Waals surface area contributed by atoms with Gasteiger partial charge in [0.25, 0.3) is 0 Å². The van der Waals surface area contributed by atoms with Crippen molar-refractivity contribution in [1.29, 1.82) is 5.41 Å². The van der Waals surface area contributed by atoms with Crippen LogP contribution in [0.2, 0.25) is 0 Å². The van der Waals surface area contributed by atoms with E-state index in [4.69, 9.17) is 16.9 Å². The van der Waals surface area contributed by atoms with Gasteiger partial charge in [-0.1, -0.05) is 18.2 Å². The van der Waals surface area contributed by atoms with Gasteiger partial charge in [-0.05, 0) is 18.1 Å². The van der Waals surface area contributed by atoms with E-state index in [0.29, 0.717) is 16.8 Å². The maximum atomic E-state index is 13.3. The van der Waals surface area contributed by atoms with E-state index in [-0.39, 0.29) is 31.0 Å². The summed E-state index contributed by atoms with van der Waals surface area (Å²) in [6.07, 6.45) is 0.817. The summed E-state index contributed by atoms with van der Waals surface area (Å²) in [5.74, 6) is -2.54. The maximum Gasteiger partial charge on any atom is 0.407 e. The lowest BCUT2D eigenvalue weighted by atomic mass is 9.84. The van der Waals surface area contributed by atoms with Gasteiger partial charge < -0.3 is 37.3 Å². The molecule has 14 heteroatoms. The van der Waals surface area contributed by atoms with E-state index in [1.54, 1.807) is 24.3 Å². The Balaban J connectivity index is 2.22. The first kappa shape index (κ1) is 27.5. The number of carbonyl (C=O) groups is 4. The Bertz CT molecular complexity index is 1120. The second kappa shape index (κ2) is 12.6. The summed E-state index contributed by atoms with van der Waals surface area (Å²) in [6, 6.07) is 6.38. The number of benzene rings is 1. The average Bonchev–Trinajstić information content (AvgIpc) is 2.85.